The predicted molar refractivity (Wildman–Crippen MR) is 127 cm³/mol. The number of hydrogen-bond acceptors (Lipinski definition) is 7. The highest BCUT2D eigenvalue weighted by Gasteiger charge is 2.28. The minimum absolute atomic E-state index is 0.425. The smallest absolute Gasteiger partial charge is 0.318 e. The van der Waals surface area contributed by atoms with Gasteiger partial charge in [0.1, 0.15) is 11.7 Å². The topological polar surface area (TPSA) is 97.9 Å². The first-order chi connectivity index (χ1) is 15.5. The van der Waals surface area contributed by atoms with Gasteiger partial charge in [-0.15, -0.1) is 0 Å². The number of unbranched alkanes of at least 4 members (excludes halogenated alkanes) is 2. The van der Waals surface area contributed by atoms with E-state index < -0.39 is 17.8 Å². The Balaban J connectivity index is 2.35. The number of rotatable bonds is 12. The molecule has 0 aliphatic rings. The Morgan fingerprint density at radius 3 is 2.34 bits per heavy atom. The van der Waals surface area contributed by atoms with Crippen LogP contribution in [0.2, 0.25) is 0 Å². The number of anilines is 3. The molecule has 0 saturated heterocycles. The minimum atomic E-state index is -0.887. The molecule has 3 N–H and O–H groups in total. The SMILES string of the molecule is CCCCCC(C(=O)Nc1cc(NC)ccc1Oc1cc(OC)ccc1NC)C(=O)OC. The van der Waals surface area contributed by atoms with E-state index in [9.17, 15) is 9.59 Å². The monoisotopic (exact) mass is 443 g/mol. The molecule has 0 saturated carbocycles. The first kappa shape index (κ1) is 24.8. The van der Waals surface area contributed by atoms with Crippen molar-refractivity contribution in [1.82, 2.24) is 0 Å². The molecule has 0 aromatic heterocycles. The maximum atomic E-state index is 13.0. The maximum absolute atomic E-state index is 13.0. The molecule has 2 rings (SSSR count). The fraction of sp³-hybridized carbons (Fsp3) is 0.417. The van der Waals surface area contributed by atoms with Crippen molar-refractivity contribution in [3.63, 3.8) is 0 Å². The third kappa shape index (κ3) is 6.54. The fourth-order valence-corrected chi connectivity index (χ4v) is 3.23. The zero-order chi connectivity index (χ0) is 23.5. The van der Waals surface area contributed by atoms with Crippen LogP contribution >= 0.6 is 0 Å². The molecule has 0 fully saturated rings. The lowest BCUT2D eigenvalue weighted by atomic mass is 10.00. The van der Waals surface area contributed by atoms with E-state index in [0.29, 0.717) is 29.4 Å². The van der Waals surface area contributed by atoms with E-state index in [0.717, 1.165) is 30.6 Å². The molecule has 8 nitrogen and oxygen atoms in total. The fourth-order valence-electron chi connectivity index (χ4n) is 3.23. The van der Waals surface area contributed by atoms with Gasteiger partial charge in [0, 0.05) is 25.8 Å². The van der Waals surface area contributed by atoms with Crippen molar-refractivity contribution >= 4 is 28.9 Å². The Kier molecular flexibility index (Phi) is 9.66. The second kappa shape index (κ2) is 12.4. The summed E-state index contributed by atoms with van der Waals surface area (Å²) in [6.07, 6.45) is 3.12. The largest absolute Gasteiger partial charge is 0.497 e. The molecule has 32 heavy (non-hydrogen) atoms. The van der Waals surface area contributed by atoms with Crippen molar-refractivity contribution in [3.05, 3.63) is 36.4 Å². The molecule has 1 unspecified atom stereocenters. The quantitative estimate of drug-likeness (QED) is 0.244. The van der Waals surface area contributed by atoms with Crippen LogP contribution in [0.4, 0.5) is 17.1 Å². The third-order valence-electron chi connectivity index (χ3n) is 5.10. The summed E-state index contributed by atoms with van der Waals surface area (Å²) in [4.78, 5) is 25.3. The van der Waals surface area contributed by atoms with Crippen LogP contribution in [0.5, 0.6) is 17.2 Å². The van der Waals surface area contributed by atoms with Gasteiger partial charge in [-0.3, -0.25) is 9.59 Å². The Morgan fingerprint density at radius 2 is 1.72 bits per heavy atom. The molecule has 2 aromatic rings. The summed E-state index contributed by atoms with van der Waals surface area (Å²) in [5.74, 6) is -0.256. The number of ether oxygens (including phenoxy) is 3. The first-order valence-corrected chi connectivity index (χ1v) is 10.7. The molecular formula is C24H33N3O5. The van der Waals surface area contributed by atoms with E-state index in [4.69, 9.17) is 14.2 Å². The van der Waals surface area contributed by atoms with Gasteiger partial charge in [0.2, 0.25) is 5.91 Å². The Hall–Kier alpha value is -3.42. The van der Waals surface area contributed by atoms with E-state index in [-0.39, 0.29) is 0 Å². The molecule has 0 bridgehead atoms. The highest BCUT2D eigenvalue weighted by molar-refractivity contribution is 6.05. The predicted octanol–water partition coefficient (Wildman–Crippen LogP) is 4.88. The van der Waals surface area contributed by atoms with E-state index in [1.807, 2.05) is 18.2 Å². The summed E-state index contributed by atoms with van der Waals surface area (Å²) in [5.41, 5.74) is 1.98. The number of carbonyl (C=O) groups excluding carboxylic acids is 2. The number of esters is 1. The van der Waals surface area contributed by atoms with Crippen LogP contribution in [0, 0.1) is 5.92 Å². The molecule has 0 spiro atoms. The summed E-state index contributed by atoms with van der Waals surface area (Å²) in [6.45, 7) is 2.07. The Labute approximate surface area is 189 Å². The van der Waals surface area contributed by atoms with Gasteiger partial charge >= 0.3 is 5.97 Å². The van der Waals surface area contributed by atoms with Crippen LogP contribution in [0.15, 0.2) is 36.4 Å². The van der Waals surface area contributed by atoms with Gasteiger partial charge in [-0.05, 0) is 36.8 Å². The summed E-state index contributed by atoms with van der Waals surface area (Å²) < 4.78 is 16.3. The minimum Gasteiger partial charge on any atom is -0.497 e. The van der Waals surface area contributed by atoms with E-state index in [2.05, 4.69) is 22.9 Å². The first-order valence-electron chi connectivity index (χ1n) is 10.7. The molecule has 2 aromatic carbocycles. The summed E-state index contributed by atoms with van der Waals surface area (Å²) in [5, 5.41) is 8.98. The lowest BCUT2D eigenvalue weighted by Gasteiger charge is -2.19. The van der Waals surface area contributed by atoms with Gasteiger partial charge < -0.3 is 30.2 Å². The second-order valence-electron chi connectivity index (χ2n) is 7.24. The van der Waals surface area contributed by atoms with Gasteiger partial charge in [0.15, 0.2) is 11.5 Å². The Morgan fingerprint density at radius 1 is 0.938 bits per heavy atom. The Bertz CT molecular complexity index is 917. The summed E-state index contributed by atoms with van der Waals surface area (Å²) in [6, 6.07) is 10.8. The van der Waals surface area contributed by atoms with Gasteiger partial charge in [-0.1, -0.05) is 26.2 Å². The molecule has 0 aliphatic heterocycles. The maximum Gasteiger partial charge on any atom is 0.318 e. The summed E-state index contributed by atoms with van der Waals surface area (Å²) in [7, 11) is 6.45. The molecule has 174 valence electrons. The molecule has 8 heteroatoms. The number of nitrogens with one attached hydrogen (secondary N) is 3. The zero-order valence-electron chi connectivity index (χ0n) is 19.4. The van der Waals surface area contributed by atoms with Crippen LogP contribution in [0.1, 0.15) is 32.6 Å². The lowest BCUT2D eigenvalue weighted by molar-refractivity contribution is -0.149. The molecular weight excluding hydrogens is 410 g/mol. The second-order valence-corrected chi connectivity index (χ2v) is 7.24. The summed E-state index contributed by atoms with van der Waals surface area (Å²) >= 11 is 0. The molecule has 1 atom stereocenters. The molecule has 1 amide bonds. The van der Waals surface area contributed by atoms with Gasteiger partial charge in [0.25, 0.3) is 0 Å². The van der Waals surface area contributed by atoms with Crippen LogP contribution in [-0.4, -0.2) is 40.2 Å². The number of carbonyl (C=O) groups is 2. The average Bonchev–Trinajstić information content (AvgIpc) is 2.82. The van der Waals surface area contributed by atoms with Crippen LogP contribution in [0.25, 0.3) is 0 Å². The zero-order valence-corrected chi connectivity index (χ0v) is 19.4. The van der Waals surface area contributed by atoms with Crippen molar-refractivity contribution in [2.45, 2.75) is 32.6 Å². The number of benzene rings is 2. The highest BCUT2D eigenvalue weighted by Crippen LogP contribution is 2.37. The van der Waals surface area contributed by atoms with Gasteiger partial charge in [-0.25, -0.2) is 0 Å². The van der Waals surface area contributed by atoms with Crippen molar-refractivity contribution in [3.8, 4) is 17.2 Å². The number of methoxy groups -OCH3 is 2. The molecule has 0 radical (unpaired) electrons. The van der Waals surface area contributed by atoms with Crippen molar-refractivity contribution < 1.29 is 23.8 Å². The van der Waals surface area contributed by atoms with Crippen molar-refractivity contribution in [2.24, 2.45) is 5.92 Å². The van der Waals surface area contributed by atoms with Gasteiger partial charge in [0.05, 0.1) is 25.6 Å². The third-order valence-corrected chi connectivity index (χ3v) is 5.10. The van der Waals surface area contributed by atoms with Crippen LogP contribution in [0.3, 0.4) is 0 Å². The van der Waals surface area contributed by atoms with Gasteiger partial charge in [-0.2, -0.15) is 0 Å². The lowest BCUT2D eigenvalue weighted by Crippen LogP contribution is -2.30. The van der Waals surface area contributed by atoms with Crippen LogP contribution < -0.4 is 25.4 Å². The van der Waals surface area contributed by atoms with Crippen molar-refractivity contribution in [2.75, 3.05) is 44.3 Å². The van der Waals surface area contributed by atoms with E-state index >= 15 is 0 Å². The average molecular weight is 444 g/mol. The van der Waals surface area contributed by atoms with E-state index in [1.165, 1.54) is 7.11 Å². The standard InChI is InChI=1S/C24H33N3O5/c1-6-7-8-9-18(24(29)31-5)23(28)27-20-14-16(25-2)10-13-21(20)32-22-15-17(30-4)11-12-19(22)26-3/h10-15,18,25-26H,6-9H2,1-5H3,(H,27,28). The highest BCUT2D eigenvalue weighted by atomic mass is 16.5. The number of amides is 1. The van der Waals surface area contributed by atoms with E-state index in [1.54, 1.807) is 39.4 Å². The molecule has 0 aliphatic carbocycles. The number of hydrogen-bond donors (Lipinski definition) is 3. The van der Waals surface area contributed by atoms with Crippen LogP contribution in [-0.2, 0) is 14.3 Å². The normalized spacial score (nSPS) is 11.3. The molecule has 0 heterocycles. The van der Waals surface area contributed by atoms with Crippen molar-refractivity contribution in [1.29, 1.82) is 0 Å².